The lowest BCUT2D eigenvalue weighted by molar-refractivity contribution is 0.474. The van der Waals surface area contributed by atoms with E-state index in [4.69, 9.17) is 0 Å². The summed E-state index contributed by atoms with van der Waals surface area (Å²) in [6, 6.07) is 8.54. The van der Waals surface area contributed by atoms with Crippen molar-refractivity contribution in [3.63, 3.8) is 0 Å². The lowest BCUT2D eigenvalue weighted by atomic mass is 10.00. The summed E-state index contributed by atoms with van der Waals surface area (Å²) in [5.74, 6) is -0.743. The highest BCUT2D eigenvalue weighted by Gasteiger charge is 2.25. The third kappa shape index (κ3) is 1.89. The van der Waals surface area contributed by atoms with Crippen LogP contribution in [0.1, 0.15) is 0 Å². The molecule has 0 saturated carbocycles. The van der Waals surface area contributed by atoms with Crippen LogP contribution in [0.4, 0.5) is 5.69 Å². The van der Waals surface area contributed by atoms with Crippen LogP contribution in [0.5, 0.6) is 11.5 Å². The standard InChI is InChI=1S/C14H9NO6S/c16-12-7-3-1-2-4-8(7)13(17)11-9(12)5-6-10(15-18)14(11)22(19,20)21/h1-6,16-17H,(H,19,20,21). The monoisotopic (exact) mass is 319 g/mol. The summed E-state index contributed by atoms with van der Waals surface area (Å²) in [7, 11) is -4.84. The van der Waals surface area contributed by atoms with Gasteiger partial charge < -0.3 is 10.2 Å². The van der Waals surface area contributed by atoms with E-state index in [2.05, 4.69) is 5.18 Å². The molecule has 0 saturated heterocycles. The molecule has 0 spiro atoms. The van der Waals surface area contributed by atoms with Crippen LogP contribution in [0.2, 0.25) is 0 Å². The molecule has 0 atom stereocenters. The molecule has 3 aromatic carbocycles. The lowest BCUT2D eigenvalue weighted by Gasteiger charge is -2.12. The number of hydrogen-bond donors (Lipinski definition) is 3. The molecule has 3 N–H and O–H groups in total. The number of phenols is 2. The predicted molar refractivity (Wildman–Crippen MR) is 80.1 cm³/mol. The first-order chi connectivity index (χ1) is 10.4. The lowest BCUT2D eigenvalue weighted by Crippen LogP contribution is -2.00. The predicted octanol–water partition coefficient (Wildman–Crippen LogP) is 3.05. The van der Waals surface area contributed by atoms with Gasteiger partial charge in [-0.25, -0.2) is 0 Å². The zero-order chi connectivity index (χ0) is 16.1. The van der Waals surface area contributed by atoms with E-state index in [-0.39, 0.29) is 21.9 Å². The van der Waals surface area contributed by atoms with E-state index in [1.807, 2.05) is 0 Å². The van der Waals surface area contributed by atoms with Gasteiger partial charge >= 0.3 is 0 Å². The van der Waals surface area contributed by atoms with Crippen LogP contribution in [0.3, 0.4) is 0 Å². The van der Waals surface area contributed by atoms with Crippen LogP contribution >= 0.6 is 0 Å². The molecule has 8 heteroatoms. The molecule has 0 aliphatic heterocycles. The van der Waals surface area contributed by atoms with Crippen molar-refractivity contribution in [1.82, 2.24) is 0 Å². The molecule has 0 unspecified atom stereocenters. The molecule has 7 nitrogen and oxygen atoms in total. The van der Waals surface area contributed by atoms with E-state index < -0.39 is 26.5 Å². The molecule has 0 aliphatic carbocycles. The second kappa shape index (κ2) is 4.65. The highest BCUT2D eigenvalue weighted by Crippen LogP contribution is 2.46. The number of benzene rings is 3. The Morgan fingerprint density at radius 2 is 1.45 bits per heavy atom. The molecule has 0 fully saturated rings. The van der Waals surface area contributed by atoms with Crippen molar-refractivity contribution in [2.75, 3.05) is 0 Å². The van der Waals surface area contributed by atoms with E-state index in [9.17, 15) is 28.1 Å². The zero-order valence-electron chi connectivity index (χ0n) is 10.9. The summed E-state index contributed by atoms with van der Waals surface area (Å²) >= 11 is 0. The van der Waals surface area contributed by atoms with Crippen LogP contribution < -0.4 is 0 Å². The molecule has 3 aromatic rings. The second-order valence-corrected chi connectivity index (χ2v) is 6.00. The van der Waals surface area contributed by atoms with E-state index in [1.165, 1.54) is 12.1 Å². The van der Waals surface area contributed by atoms with Gasteiger partial charge in [-0.1, -0.05) is 24.3 Å². The smallest absolute Gasteiger partial charge is 0.297 e. The van der Waals surface area contributed by atoms with Gasteiger partial charge in [0.05, 0.1) is 5.39 Å². The minimum Gasteiger partial charge on any atom is -0.507 e. The Labute approximate surface area is 124 Å². The van der Waals surface area contributed by atoms with Crippen LogP contribution in [0.25, 0.3) is 21.5 Å². The van der Waals surface area contributed by atoms with Crippen LogP contribution in [-0.4, -0.2) is 23.2 Å². The fourth-order valence-corrected chi connectivity index (χ4v) is 3.35. The molecule has 0 bridgehead atoms. The zero-order valence-corrected chi connectivity index (χ0v) is 11.7. The number of nitrogens with zero attached hydrogens (tertiary/aromatic N) is 1. The van der Waals surface area contributed by atoms with Gasteiger partial charge in [-0.3, -0.25) is 4.55 Å². The van der Waals surface area contributed by atoms with Crippen molar-refractivity contribution in [2.24, 2.45) is 5.18 Å². The van der Waals surface area contributed by atoms with Gasteiger partial charge in [-0.2, -0.15) is 8.42 Å². The molecule has 0 amide bonds. The third-order valence-electron chi connectivity index (χ3n) is 3.42. The van der Waals surface area contributed by atoms with Crippen LogP contribution in [0.15, 0.2) is 46.5 Å². The average molecular weight is 319 g/mol. The number of rotatable bonds is 2. The molecule has 0 radical (unpaired) electrons. The highest BCUT2D eigenvalue weighted by molar-refractivity contribution is 7.86. The van der Waals surface area contributed by atoms with Crippen molar-refractivity contribution >= 4 is 37.4 Å². The minimum atomic E-state index is -4.84. The van der Waals surface area contributed by atoms with E-state index in [1.54, 1.807) is 18.2 Å². The molecular weight excluding hydrogens is 310 g/mol. The Hall–Kier alpha value is -2.71. The normalized spacial score (nSPS) is 11.9. The van der Waals surface area contributed by atoms with Gasteiger partial charge in [0, 0.05) is 16.2 Å². The maximum Gasteiger partial charge on any atom is 0.297 e. The quantitative estimate of drug-likeness (QED) is 0.288. The first-order valence-electron chi connectivity index (χ1n) is 6.06. The summed E-state index contributed by atoms with van der Waals surface area (Å²) in [5, 5.41) is 23.3. The Kier molecular flexibility index (Phi) is 3.01. The Morgan fingerprint density at radius 3 is 2.00 bits per heavy atom. The molecule has 3 rings (SSSR count). The van der Waals surface area contributed by atoms with Gasteiger partial charge in [-0.05, 0) is 17.3 Å². The first kappa shape index (κ1) is 14.2. The SMILES string of the molecule is O=Nc1ccc2c(O)c3ccccc3c(O)c2c1S(=O)(=O)O. The fraction of sp³-hybridized carbons (Fsp3) is 0. The molecule has 0 aromatic heterocycles. The summed E-state index contributed by atoms with van der Waals surface area (Å²) in [5.41, 5.74) is -0.556. The molecule has 22 heavy (non-hydrogen) atoms. The van der Waals surface area contributed by atoms with Gasteiger partial charge in [0.2, 0.25) is 0 Å². The van der Waals surface area contributed by atoms with Crippen molar-refractivity contribution in [2.45, 2.75) is 4.90 Å². The number of aromatic hydroxyl groups is 2. The summed E-state index contributed by atoms with van der Waals surface area (Å²) in [6.45, 7) is 0. The number of hydrogen-bond acceptors (Lipinski definition) is 6. The topological polar surface area (TPSA) is 124 Å². The van der Waals surface area contributed by atoms with Gasteiger partial charge in [-0.15, -0.1) is 4.91 Å². The highest BCUT2D eigenvalue weighted by atomic mass is 32.2. The minimum absolute atomic E-state index is 0.0174. The largest absolute Gasteiger partial charge is 0.507 e. The molecule has 112 valence electrons. The van der Waals surface area contributed by atoms with Crippen molar-refractivity contribution in [3.05, 3.63) is 41.3 Å². The van der Waals surface area contributed by atoms with E-state index >= 15 is 0 Å². The van der Waals surface area contributed by atoms with Gasteiger partial charge in [0.25, 0.3) is 10.1 Å². The van der Waals surface area contributed by atoms with Gasteiger partial charge in [0.15, 0.2) is 0 Å². The number of phenolic OH excluding ortho intramolecular Hbond substituents is 2. The molecule has 0 heterocycles. The maximum absolute atomic E-state index is 11.6. The van der Waals surface area contributed by atoms with Crippen molar-refractivity contribution in [1.29, 1.82) is 0 Å². The number of nitroso groups, excluding NO2 is 1. The average Bonchev–Trinajstić information content (AvgIpc) is 2.50. The van der Waals surface area contributed by atoms with Crippen molar-refractivity contribution < 1.29 is 23.2 Å². The Balaban J connectivity index is 2.72. The number of fused-ring (bicyclic) bond motifs is 2. The Bertz CT molecular complexity index is 1040. The summed E-state index contributed by atoms with van der Waals surface area (Å²) < 4.78 is 32.5. The van der Waals surface area contributed by atoms with E-state index in [0.29, 0.717) is 5.39 Å². The first-order valence-corrected chi connectivity index (χ1v) is 7.50. The second-order valence-electron chi connectivity index (χ2n) is 4.65. The van der Waals surface area contributed by atoms with Crippen molar-refractivity contribution in [3.8, 4) is 11.5 Å². The summed E-state index contributed by atoms with van der Waals surface area (Å²) in [4.78, 5) is 9.97. The maximum atomic E-state index is 11.6. The summed E-state index contributed by atoms with van der Waals surface area (Å²) in [6.07, 6.45) is 0. The van der Waals surface area contributed by atoms with Gasteiger partial charge in [0.1, 0.15) is 22.1 Å². The van der Waals surface area contributed by atoms with E-state index in [0.717, 1.165) is 6.07 Å². The molecule has 0 aliphatic rings. The molecular formula is C14H9NO6S. The van der Waals surface area contributed by atoms with Crippen LogP contribution in [0, 0.1) is 4.91 Å². The fourth-order valence-electron chi connectivity index (χ4n) is 2.51. The van der Waals surface area contributed by atoms with Crippen LogP contribution in [-0.2, 0) is 10.1 Å². The Morgan fingerprint density at radius 1 is 0.864 bits per heavy atom. The third-order valence-corrected chi connectivity index (χ3v) is 4.35.